The second-order valence-corrected chi connectivity index (χ2v) is 4.48. The zero-order valence-corrected chi connectivity index (χ0v) is 10.6. The SMILES string of the molecule is CCCCCCC(C)Nc1nc(C)[nH]c1N. The Morgan fingerprint density at radius 2 is 2.12 bits per heavy atom. The molecule has 0 saturated heterocycles. The Labute approximate surface area is 98.0 Å². The van der Waals surface area contributed by atoms with Crippen LogP contribution in [0.1, 0.15) is 51.8 Å². The standard InChI is InChI=1S/C12H24N4/c1-4-5-6-7-8-9(2)14-12-11(13)15-10(3)16-12/h9,14H,4-8,13H2,1-3H3,(H,15,16). The van der Waals surface area contributed by atoms with Crippen LogP contribution in [0.2, 0.25) is 0 Å². The van der Waals surface area contributed by atoms with E-state index in [2.05, 4.69) is 29.1 Å². The van der Waals surface area contributed by atoms with Crippen LogP contribution in [-0.4, -0.2) is 16.0 Å². The maximum atomic E-state index is 5.79. The van der Waals surface area contributed by atoms with Gasteiger partial charge in [-0.25, -0.2) is 4.98 Å². The van der Waals surface area contributed by atoms with E-state index < -0.39 is 0 Å². The molecule has 0 aliphatic carbocycles. The van der Waals surface area contributed by atoms with Crippen molar-refractivity contribution in [1.82, 2.24) is 9.97 Å². The number of aryl methyl sites for hydroxylation is 1. The fourth-order valence-corrected chi connectivity index (χ4v) is 1.80. The average molecular weight is 224 g/mol. The first-order valence-electron chi connectivity index (χ1n) is 6.22. The molecular weight excluding hydrogens is 200 g/mol. The molecule has 92 valence electrons. The molecular formula is C12H24N4. The molecule has 0 saturated carbocycles. The summed E-state index contributed by atoms with van der Waals surface area (Å²) in [5.41, 5.74) is 5.79. The first-order valence-corrected chi connectivity index (χ1v) is 6.22. The maximum absolute atomic E-state index is 5.79. The monoisotopic (exact) mass is 224 g/mol. The van der Waals surface area contributed by atoms with Crippen molar-refractivity contribution >= 4 is 11.6 Å². The van der Waals surface area contributed by atoms with Crippen molar-refractivity contribution in [2.24, 2.45) is 0 Å². The van der Waals surface area contributed by atoms with E-state index in [-0.39, 0.29) is 0 Å². The number of imidazole rings is 1. The van der Waals surface area contributed by atoms with Gasteiger partial charge in [0, 0.05) is 6.04 Å². The van der Waals surface area contributed by atoms with Crippen LogP contribution in [0.4, 0.5) is 11.6 Å². The van der Waals surface area contributed by atoms with Gasteiger partial charge in [-0.05, 0) is 20.3 Å². The largest absolute Gasteiger partial charge is 0.382 e. The Hall–Kier alpha value is -1.19. The summed E-state index contributed by atoms with van der Waals surface area (Å²) in [6, 6.07) is 0.432. The number of nitrogens with zero attached hydrogens (tertiary/aromatic N) is 1. The summed E-state index contributed by atoms with van der Waals surface area (Å²) in [4.78, 5) is 7.30. The van der Waals surface area contributed by atoms with Crippen molar-refractivity contribution in [2.45, 2.75) is 58.9 Å². The summed E-state index contributed by atoms with van der Waals surface area (Å²) >= 11 is 0. The number of aromatic nitrogens is 2. The van der Waals surface area contributed by atoms with Gasteiger partial charge in [-0.3, -0.25) is 0 Å². The highest BCUT2D eigenvalue weighted by molar-refractivity contribution is 5.57. The van der Waals surface area contributed by atoms with Crippen molar-refractivity contribution in [3.63, 3.8) is 0 Å². The van der Waals surface area contributed by atoms with E-state index in [1.807, 2.05) is 6.92 Å². The van der Waals surface area contributed by atoms with Gasteiger partial charge in [0.05, 0.1) is 0 Å². The molecule has 0 aliphatic rings. The number of unbranched alkanes of at least 4 members (excludes halogenated alkanes) is 3. The van der Waals surface area contributed by atoms with Gasteiger partial charge in [0.15, 0.2) is 5.82 Å². The third-order valence-electron chi connectivity index (χ3n) is 2.72. The third kappa shape index (κ3) is 4.13. The minimum Gasteiger partial charge on any atom is -0.382 e. The molecule has 1 aromatic heterocycles. The number of anilines is 2. The van der Waals surface area contributed by atoms with Gasteiger partial charge >= 0.3 is 0 Å². The van der Waals surface area contributed by atoms with Crippen molar-refractivity contribution in [3.8, 4) is 0 Å². The topological polar surface area (TPSA) is 66.7 Å². The van der Waals surface area contributed by atoms with E-state index in [4.69, 9.17) is 5.73 Å². The molecule has 4 N–H and O–H groups in total. The minimum absolute atomic E-state index is 0.432. The lowest BCUT2D eigenvalue weighted by Gasteiger charge is -2.13. The number of rotatable bonds is 7. The third-order valence-corrected chi connectivity index (χ3v) is 2.72. The molecule has 1 aromatic rings. The van der Waals surface area contributed by atoms with Gasteiger partial charge in [-0.15, -0.1) is 0 Å². The lowest BCUT2D eigenvalue weighted by molar-refractivity contribution is 0.593. The zero-order valence-electron chi connectivity index (χ0n) is 10.6. The van der Waals surface area contributed by atoms with Crippen LogP contribution >= 0.6 is 0 Å². The second-order valence-electron chi connectivity index (χ2n) is 4.48. The summed E-state index contributed by atoms with van der Waals surface area (Å²) in [5.74, 6) is 2.29. The smallest absolute Gasteiger partial charge is 0.168 e. The van der Waals surface area contributed by atoms with Gasteiger partial charge in [-0.2, -0.15) is 0 Å². The molecule has 4 heteroatoms. The number of nitrogen functional groups attached to an aromatic ring is 1. The van der Waals surface area contributed by atoms with E-state index >= 15 is 0 Å². The Bertz CT molecular complexity index is 306. The molecule has 0 aliphatic heterocycles. The number of H-pyrrole nitrogens is 1. The highest BCUT2D eigenvalue weighted by Crippen LogP contribution is 2.16. The van der Waals surface area contributed by atoms with Gasteiger partial charge in [0.1, 0.15) is 11.6 Å². The van der Waals surface area contributed by atoms with Crippen LogP contribution < -0.4 is 11.1 Å². The molecule has 1 heterocycles. The molecule has 0 bridgehead atoms. The van der Waals surface area contributed by atoms with Gasteiger partial charge in [0.25, 0.3) is 0 Å². The van der Waals surface area contributed by atoms with Crippen molar-refractivity contribution in [1.29, 1.82) is 0 Å². The quantitative estimate of drug-likeness (QED) is 0.623. The Morgan fingerprint density at radius 1 is 1.38 bits per heavy atom. The predicted octanol–water partition coefficient (Wildman–Crippen LogP) is 3.07. The zero-order chi connectivity index (χ0) is 12.0. The van der Waals surface area contributed by atoms with E-state index in [0.29, 0.717) is 11.9 Å². The molecule has 16 heavy (non-hydrogen) atoms. The predicted molar refractivity (Wildman–Crippen MR) is 69.6 cm³/mol. The maximum Gasteiger partial charge on any atom is 0.168 e. The number of hydrogen-bond acceptors (Lipinski definition) is 3. The second kappa shape index (κ2) is 6.40. The molecule has 1 rings (SSSR count). The molecule has 0 amide bonds. The van der Waals surface area contributed by atoms with Gasteiger partial charge < -0.3 is 16.0 Å². The van der Waals surface area contributed by atoms with E-state index in [0.717, 1.165) is 11.6 Å². The van der Waals surface area contributed by atoms with Crippen molar-refractivity contribution < 1.29 is 0 Å². The normalized spacial score (nSPS) is 12.7. The van der Waals surface area contributed by atoms with Crippen LogP contribution in [-0.2, 0) is 0 Å². The minimum atomic E-state index is 0.432. The Morgan fingerprint density at radius 3 is 2.69 bits per heavy atom. The molecule has 0 fully saturated rings. The van der Waals surface area contributed by atoms with E-state index in [9.17, 15) is 0 Å². The molecule has 0 radical (unpaired) electrons. The highest BCUT2D eigenvalue weighted by Gasteiger charge is 2.07. The number of hydrogen-bond donors (Lipinski definition) is 3. The van der Waals surface area contributed by atoms with E-state index in [1.54, 1.807) is 0 Å². The average Bonchev–Trinajstić information content (AvgIpc) is 2.52. The summed E-state index contributed by atoms with van der Waals surface area (Å²) in [5, 5.41) is 3.34. The van der Waals surface area contributed by atoms with Crippen LogP contribution in [0.25, 0.3) is 0 Å². The molecule has 0 aromatic carbocycles. The molecule has 0 spiro atoms. The van der Waals surface area contributed by atoms with Crippen LogP contribution in [0.5, 0.6) is 0 Å². The number of nitrogens with two attached hydrogens (primary N) is 1. The van der Waals surface area contributed by atoms with Gasteiger partial charge in [-0.1, -0.05) is 32.6 Å². The first kappa shape index (κ1) is 12.9. The van der Waals surface area contributed by atoms with Crippen LogP contribution in [0.3, 0.4) is 0 Å². The van der Waals surface area contributed by atoms with Crippen LogP contribution in [0, 0.1) is 6.92 Å². The molecule has 1 unspecified atom stereocenters. The number of nitrogens with one attached hydrogen (secondary N) is 2. The fraction of sp³-hybridized carbons (Fsp3) is 0.750. The highest BCUT2D eigenvalue weighted by atomic mass is 15.1. The lowest BCUT2D eigenvalue weighted by atomic mass is 10.1. The summed E-state index contributed by atoms with van der Waals surface area (Å²) in [7, 11) is 0. The van der Waals surface area contributed by atoms with Gasteiger partial charge in [0.2, 0.25) is 0 Å². The lowest BCUT2D eigenvalue weighted by Crippen LogP contribution is -2.16. The molecule has 4 nitrogen and oxygen atoms in total. The summed E-state index contributed by atoms with van der Waals surface area (Å²) < 4.78 is 0. The van der Waals surface area contributed by atoms with E-state index in [1.165, 1.54) is 32.1 Å². The molecule has 1 atom stereocenters. The van der Waals surface area contributed by atoms with Crippen molar-refractivity contribution in [2.75, 3.05) is 11.1 Å². The Balaban J connectivity index is 2.28. The Kier molecular flexibility index (Phi) is 5.15. The fourth-order valence-electron chi connectivity index (χ4n) is 1.80. The number of aromatic amines is 1. The first-order chi connectivity index (χ1) is 7.63. The van der Waals surface area contributed by atoms with Crippen molar-refractivity contribution in [3.05, 3.63) is 5.82 Å². The summed E-state index contributed by atoms with van der Waals surface area (Å²) in [6.45, 7) is 6.32. The summed E-state index contributed by atoms with van der Waals surface area (Å²) in [6.07, 6.45) is 6.37. The van der Waals surface area contributed by atoms with Crippen LogP contribution in [0.15, 0.2) is 0 Å².